The number of ether oxygens (including phenoxy) is 1. The zero-order chi connectivity index (χ0) is 15.7. The van der Waals surface area contributed by atoms with Crippen LogP contribution < -0.4 is 0 Å². The molecular formula is C17H23NO3. The van der Waals surface area contributed by atoms with E-state index in [-0.39, 0.29) is 11.9 Å². The maximum Gasteiger partial charge on any atom is 0.332 e. The van der Waals surface area contributed by atoms with Crippen molar-refractivity contribution in [3.05, 3.63) is 35.9 Å². The first-order chi connectivity index (χ1) is 9.72. The lowest BCUT2D eigenvalue weighted by atomic mass is 9.98. The number of hydrogen-bond donors (Lipinski definition) is 0. The van der Waals surface area contributed by atoms with Gasteiger partial charge in [-0.1, -0.05) is 30.3 Å². The molecule has 0 unspecified atom stereocenters. The predicted octanol–water partition coefficient (Wildman–Crippen LogP) is 2.91. The monoisotopic (exact) mass is 289 g/mol. The molecular weight excluding hydrogens is 266 g/mol. The highest BCUT2D eigenvalue weighted by molar-refractivity contribution is 5.91. The van der Waals surface area contributed by atoms with Crippen LogP contribution in [0.3, 0.4) is 0 Å². The highest BCUT2D eigenvalue weighted by Gasteiger charge is 2.49. The molecule has 0 aliphatic carbocycles. The minimum absolute atomic E-state index is 0.00668. The molecule has 1 saturated heterocycles. The first-order valence-electron chi connectivity index (χ1n) is 7.30. The molecule has 0 radical (unpaired) electrons. The first-order valence-corrected chi connectivity index (χ1v) is 7.30. The number of benzene rings is 1. The summed E-state index contributed by atoms with van der Waals surface area (Å²) in [5.74, 6) is -0.316. The minimum atomic E-state index is -0.875. The van der Waals surface area contributed by atoms with Crippen LogP contribution in [0, 0.1) is 0 Å². The molecule has 1 aromatic rings. The molecule has 0 spiro atoms. The van der Waals surface area contributed by atoms with E-state index in [4.69, 9.17) is 4.74 Å². The first kappa shape index (κ1) is 15.5. The van der Waals surface area contributed by atoms with Gasteiger partial charge in [0.2, 0.25) is 5.91 Å². The molecule has 1 amide bonds. The van der Waals surface area contributed by atoms with Gasteiger partial charge in [0, 0.05) is 13.0 Å². The third kappa shape index (κ3) is 3.43. The molecule has 2 rings (SSSR count). The predicted molar refractivity (Wildman–Crippen MR) is 80.5 cm³/mol. The molecule has 0 bridgehead atoms. The van der Waals surface area contributed by atoms with Crippen molar-refractivity contribution in [2.45, 2.75) is 58.2 Å². The number of hydrogen-bond acceptors (Lipinski definition) is 3. The van der Waals surface area contributed by atoms with Crippen molar-refractivity contribution in [2.75, 3.05) is 0 Å². The molecule has 0 aromatic heterocycles. The number of amides is 1. The van der Waals surface area contributed by atoms with E-state index in [1.807, 2.05) is 51.1 Å². The number of carbonyl (C=O) groups is 2. The number of esters is 1. The highest BCUT2D eigenvalue weighted by Crippen LogP contribution is 2.33. The van der Waals surface area contributed by atoms with Crippen LogP contribution in [0.4, 0.5) is 0 Å². The van der Waals surface area contributed by atoms with Crippen molar-refractivity contribution in [1.82, 2.24) is 4.90 Å². The molecule has 4 nitrogen and oxygen atoms in total. The Kier molecular flexibility index (Phi) is 4.08. The Balaban J connectivity index is 2.21. The lowest BCUT2D eigenvalue weighted by Gasteiger charge is -2.35. The van der Waals surface area contributed by atoms with Gasteiger partial charge in [0.25, 0.3) is 0 Å². The second-order valence-electron chi connectivity index (χ2n) is 6.74. The summed E-state index contributed by atoms with van der Waals surface area (Å²) in [5.41, 5.74) is -0.410. The van der Waals surface area contributed by atoms with Crippen molar-refractivity contribution in [2.24, 2.45) is 0 Å². The average molecular weight is 289 g/mol. The van der Waals surface area contributed by atoms with Crippen LogP contribution in [-0.2, 0) is 20.9 Å². The Labute approximate surface area is 126 Å². The molecule has 1 aliphatic heterocycles. The maximum absolute atomic E-state index is 12.5. The van der Waals surface area contributed by atoms with Gasteiger partial charge in [-0.3, -0.25) is 4.79 Å². The van der Waals surface area contributed by atoms with Gasteiger partial charge >= 0.3 is 5.97 Å². The summed E-state index contributed by atoms with van der Waals surface area (Å²) in [4.78, 5) is 26.3. The lowest BCUT2D eigenvalue weighted by Crippen LogP contribution is -2.51. The molecule has 1 aliphatic rings. The van der Waals surface area contributed by atoms with E-state index in [0.717, 1.165) is 5.56 Å². The Morgan fingerprint density at radius 3 is 2.48 bits per heavy atom. The van der Waals surface area contributed by atoms with Gasteiger partial charge in [0.05, 0.1) is 0 Å². The normalized spacial score (nSPS) is 22.5. The van der Waals surface area contributed by atoms with E-state index in [0.29, 0.717) is 19.4 Å². The largest absolute Gasteiger partial charge is 0.458 e. The van der Waals surface area contributed by atoms with Crippen molar-refractivity contribution in [3.63, 3.8) is 0 Å². The highest BCUT2D eigenvalue weighted by atomic mass is 16.6. The van der Waals surface area contributed by atoms with Gasteiger partial charge in [-0.05, 0) is 39.7 Å². The van der Waals surface area contributed by atoms with Crippen molar-refractivity contribution >= 4 is 11.9 Å². The molecule has 1 atom stereocenters. The van der Waals surface area contributed by atoms with E-state index in [9.17, 15) is 9.59 Å². The zero-order valence-electron chi connectivity index (χ0n) is 13.2. The summed E-state index contributed by atoms with van der Waals surface area (Å²) in [6.07, 6.45) is 0.899. The number of likely N-dealkylation sites (tertiary alicyclic amines) is 1. The van der Waals surface area contributed by atoms with Crippen molar-refractivity contribution in [1.29, 1.82) is 0 Å². The minimum Gasteiger partial charge on any atom is -0.458 e. The summed E-state index contributed by atoms with van der Waals surface area (Å²) in [6.45, 7) is 7.76. The van der Waals surface area contributed by atoms with Gasteiger partial charge in [0.15, 0.2) is 0 Å². The van der Waals surface area contributed by atoms with Gasteiger partial charge in [0.1, 0.15) is 11.1 Å². The van der Waals surface area contributed by atoms with Crippen LogP contribution in [0.5, 0.6) is 0 Å². The SMILES string of the molecule is CC(C)(C)OC(=O)[C@@]1(C)CCC(=O)N1Cc1ccccc1. The average Bonchev–Trinajstić information content (AvgIpc) is 2.68. The van der Waals surface area contributed by atoms with Crippen LogP contribution in [-0.4, -0.2) is 27.9 Å². The van der Waals surface area contributed by atoms with E-state index < -0.39 is 11.1 Å². The maximum atomic E-state index is 12.5. The number of rotatable bonds is 3. The third-order valence-corrected chi connectivity index (χ3v) is 3.74. The zero-order valence-corrected chi connectivity index (χ0v) is 13.2. The van der Waals surface area contributed by atoms with Gasteiger partial charge in [-0.2, -0.15) is 0 Å². The number of carbonyl (C=O) groups excluding carboxylic acids is 2. The van der Waals surface area contributed by atoms with E-state index >= 15 is 0 Å². The fourth-order valence-electron chi connectivity index (χ4n) is 2.52. The van der Waals surface area contributed by atoms with Gasteiger partial charge in [-0.25, -0.2) is 4.79 Å². The lowest BCUT2D eigenvalue weighted by molar-refractivity contribution is -0.169. The quantitative estimate of drug-likeness (QED) is 0.804. The van der Waals surface area contributed by atoms with Gasteiger partial charge < -0.3 is 9.64 Å². The topological polar surface area (TPSA) is 46.6 Å². The third-order valence-electron chi connectivity index (χ3n) is 3.74. The van der Waals surface area contributed by atoms with E-state index in [2.05, 4.69) is 0 Å². The molecule has 21 heavy (non-hydrogen) atoms. The molecule has 0 N–H and O–H groups in total. The van der Waals surface area contributed by atoms with Gasteiger partial charge in [-0.15, -0.1) is 0 Å². The summed E-state index contributed by atoms with van der Waals surface area (Å²) in [6, 6.07) is 9.71. The second-order valence-corrected chi connectivity index (χ2v) is 6.74. The van der Waals surface area contributed by atoms with Crippen LogP contribution in [0.15, 0.2) is 30.3 Å². The Morgan fingerprint density at radius 1 is 1.29 bits per heavy atom. The van der Waals surface area contributed by atoms with E-state index in [1.54, 1.807) is 11.8 Å². The van der Waals surface area contributed by atoms with Crippen LogP contribution in [0.1, 0.15) is 46.1 Å². The number of nitrogens with zero attached hydrogens (tertiary/aromatic N) is 1. The Hall–Kier alpha value is -1.84. The summed E-state index contributed by atoms with van der Waals surface area (Å²) >= 11 is 0. The standard InChI is InChI=1S/C17H23NO3/c1-16(2,3)21-15(20)17(4)11-10-14(19)18(17)12-13-8-6-5-7-9-13/h5-9H,10-12H2,1-4H3/t17-/m1/s1. The molecule has 4 heteroatoms. The molecule has 0 saturated carbocycles. The fraction of sp³-hybridized carbons (Fsp3) is 0.529. The Morgan fingerprint density at radius 2 is 1.90 bits per heavy atom. The summed E-state index contributed by atoms with van der Waals surface area (Å²) < 4.78 is 5.51. The fourth-order valence-corrected chi connectivity index (χ4v) is 2.52. The molecule has 1 fully saturated rings. The smallest absolute Gasteiger partial charge is 0.332 e. The van der Waals surface area contributed by atoms with Crippen LogP contribution >= 0.6 is 0 Å². The van der Waals surface area contributed by atoms with E-state index in [1.165, 1.54) is 0 Å². The van der Waals surface area contributed by atoms with Crippen LogP contribution in [0.25, 0.3) is 0 Å². The van der Waals surface area contributed by atoms with Crippen molar-refractivity contribution < 1.29 is 14.3 Å². The molecule has 1 heterocycles. The van der Waals surface area contributed by atoms with Crippen LogP contribution in [0.2, 0.25) is 0 Å². The molecule has 114 valence electrons. The molecule has 1 aromatic carbocycles. The second kappa shape index (κ2) is 5.51. The Bertz CT molecular complexity index is 533. The summed E-state index contributed by atoms with van der Waals surface area (Å²) in [5, 5.41) is 0. The van der Waals surface area contributed by atoms with Crippen molar-refractivity contribution in [3.8, 4) is 0 Å². The summed E-state index contributed by atoms with van der Waals surface area (Å²) in [7, 11) is 0.